The van der Waals surface area contributed by atoms with Gasteiger partial charge < -0.3 is 15.0 Å². The summed E-state index contributed by atoms with van der Waals surface area (Å²) in [6.07, 6.45) is 1.80. The number of fused-ring (bicyclic) bond motifs is 1. The Balaban J connectivity index is 1.82. The van der Waals surface area contributed by atoms with Crippen LogP contribution in [0.1, 0.15) is 12.0 Å². The number of amides is 1. The number of aliphatic hydroxyl groups excluding tert-OH is 1. The molecular formula is C15H17FN2O4S. The van der Waals surface area contributed by atoms with E-state index in [2.05, 4.69) is 4.98 Å². The van der Waals surface area contributed by atoms with Crippen molar-refractivity contribution in [3.63, 3.8) is 0 Å². The molecule has 1 amide bonds. The molecule has 2 unspecified atom stereocenters. The van der Waals surface area contributed by atoms with Crippen molar-refractivity contribution in [2.75, 3.05) is 13.2 Å². The molecule has 2 heterocycles. The highest BCUT2D eigenvalue weighted by Crippen LogP contribution is 2.25. The van der Waals surface area contributed by atoms with Gasteiger partial charge >= 0.3 is 10.2 Å². The maximum absolute atomic E-state index is 13.1. The number of para-hydroxylation sites is 1. The molecule has 0 spiro atoms. The smallest absolute Gasteiger partial charge is 0.307 e. The molecule has 3 rings (SSSR count). The molecule has 1 saturated heterocycles. The summed E-state index contributed by atoms with van der Waals surface area (Å²) < 4.78 is 35.1. The molecule has 6 nitrogen and oxygen atoms in total. The largest absolute Gasteiger partial charge is 0.394 e. The van der Waals surface area contributed by atoms with Gasteiger partial charge in [0.05, 0.1) is 12.6 Å². The maximum Gasteiger partial charge on any atom is 0.307 e. The first-order valence-corrected chi connectivity index (χ1v) is 8.73. The lowest BCUT2D eigenvalue weighted by molar-refractivity contribution is -0.130. The van der Waals surface area contributed by atoms with Crippen LogP contribution >= 0.6 is 0 Å². The highest BCUT2D eigenvalue weighted by Gasteiger charge is 2.41. The fourth-order valence-corrected chi connectivity index (χ4v) is 3.75. The second kappa shape index (κ2) is 5.93. The number of benzene rings is 1. The summed E-state index contributed by atoms with van der Waals surface area (Å²) in [5, 5.41) is 9.26. The van der Waals surface area contributed by atoms with E-state index in [1.807, 2.05) is 24.3 Å². The number of hydrogen-bond acceptors (Lipinski definition) is 4. The van der Waals surface area contributed by atoms with E-state index in [9.17, 15) is 22.2 Å². The summed E-state index contributed by atoms with van der Waals surface area (Å²) in [7, 11) is -4.76. The lowest BCUT2D eigenvalue weighted by Gasteiger charge is -2.26. The monoisotopic (exact) mass is 340 g/mol. The zero-order valence-corrected chi connectivity index (χ0v) is 13.1. The van der Waals surface area contributed by atoms with Crippen molar-refractivity contribution in [3.05, 3.63) is 36.0 Å². The number of nitrogens with one attached hydrogen (secondary N) is 1. The number of aromatic amines is 1. The van der Waals surface area contributed by atoms with Gasteiger partial charge in [-0.15, -0.1) is 3.89 Å². The topological polar surface area (TPSA) is 90.5 Å². The van der Waals surface area contributed by atoms with E-state index in [0.29, 0.717) is 6.42 Å². The van der Waals surface area contributed by atoms with Crippen LogP contribution in [0.2, 0.25) is 0 Å². The molecule has 1 aromatic heterocycles. The van der Waals surface area contributed by atoms with Crippen molar-refractivity contribution in [3.8, 4) is 0 Å². The molecule has 23 heavy (non-hydrogen) atoms. The molecular weight excluding hydrogens is 323 g/mol. The number of aliphatic hydroxyl groups is 1. The predicted molar refractivity (Wildman–Crippen MR) is 83.0 cm³/mol. The van der Waals surface area contributed by atoms with Crippen LogP contribution < -0.4 is 0 Å². The second-order valence-electron chi connectivity index (χ2n) is 5.75. The van der Waals surface area contributed by atoms with Crippen molar-refractivity contribution in [2.24, 2.45) is 0 Å². The molecule has 2 N–H and O–H groups in total. The first-order valence-electron chi connectivity index (χ1n) is 7.29. The lowest BCUT2D eigenvalue weighted by atomic mass is 10.0. The Kier molecular flexibility index (Phi) is 4.11. The van der Waals surface area contributed by atoms with Gasteiger partial charge in [0.25, 0.3) is 0 Å². The van der Waals surface area contributed by atoms with Crippen LogP contribution in [0.15, 0.2) is 30.5 Å². The standard InChI is InChI=1S/C15H17FN2O4S/c16-23(21,22)12-6-15(20)18(8-12)11(9-19)5-10-7-17-14-4-2-1-3-13(10)14/h1-4,7,11-12,17,19H,5-6,8-9H2. The summed E-state index contributed by atoms with van der Waals surface area (Å²) in [5.41, 5.74) is 1.86. The summed E-state index contributed by atoms with van der Waals surface area (Å²) in [6.45, 7) is -0.532. The average molecular weight is 340 g/mol. The minimum absolute atomic E-state index is 0.217. The molecule has 0 bridgehead atoms. The number of halogens is 1. The number of rotatable bonds is 5. The highest BCUT2D eigenvalue weighted by atomic mass is 32.3. The summed E-state index contributed by atoms with van der Waals surface area (Å²) >= 11 is 0. The van der Waals surface area contributed by atoms with Crippen molar-refractivity contribution in [1.82, 2.24) is 9.88 Å². The first kappa shape index (κ1) is 15.9. The Hall–Kier alpha value is -1.93. The minimum Gasteiger partial charge on any atom is -0.394 e. The van der Waals surface area contributed by atoms with Gasteiger partial charge in [0.15, 0.2) is 0 Å². The average Bonchev–Trinajstić information content (AvgIpc) is 3.08. The van der Waals surface area contributed by atoms with Crippen molar-refractivity contribution in [2.45, 2.75) is 24.1 Å². The third-order valence-corrected chi connectivity index (χ3v) is 5.42. The molecule has 1 fully saturated rings. The van der Waals surface area contributed by atoms with E-state index in [-0.39, 0.29) is 19.6 Å². The molecule has 1 aliphatic heterocycles. The quantitative estimate of drug-likeness (QED) is 0.794. The van der Waals surface area contributed by atoms with Crippen LogP contribution in [0.25, 0.3) is 10.9 Å². The van der Waals surface area contributed by atoms with E-state index < -0.39 is 27.4 Å². The van der Waals surface area contributed by atoms with E-state index in [1.54, 1.807) is 6.20 Å². The number of likely N-dealkylation sites (tertiary alicyclic amines) is 1. The van der Waals surface area contributed by atoms with Gasteiger partial charge in [0.1, 0.15) is 5.25 Å². The maximum atomic E-state index is 13.1. The molecule has 124 valence electrons. The van der Waals surface area contributed by atoms with E-state index in [0.717, 1.165) is 16.5 Å². The van der Waals surface area contributed by atoms with Crippen LogP contribution in [0, 0.1) is 0 Å². The first-order chi connectivity index (χ1) is 10.9. The number of carbonyl (C=O) groups is 1. The molecule has 0 saturated carbocycles. The van der Waals surface area contributed by atoms with Gasteiger partial charge in [-0.25, -0.2) is 0 Å². The summed E-state index contributed by atoms with van der Waals surface area (Å²) in [5.74, 6) is -0.449. The molecule has 0 aliphatic carbocycles. The van der Waals surface area contributed by atoms with Gasteiger partial charge in [-0.05, 0) is 18.1 Å². The fourth-order valence-electron chi connectivity index (χ4n) is 3.07. The fraction of sp³-hybridized carbons (Fsp3) is 0.400. The highest BCUT2D eigenvalue weighted by molar-refractivity contribution is 7.87. The molecule has 8 heteroatoms. The molecule has 1 aromatic carbocycles. The van der Waals surface area contributed by atoms with Gasteiger partial charge in [-0.3, -0.25) is 4.79 Å². The van der Waals surface area contributed by atoms with Crippen LogP contribution in [-0.2, 0) is 21.4 Å². The Morgan fingerprint density at radius 2 is 2.13 bits per heavy atom. The third kappa shape index (κ3) is 3.09. The Bertz CT molecular complexity index is 833. The van der Waals surface area contributed by atoms with E-state index in [1.165, 1.54) is 4.90 Å². The molecule has 0 radical (unpaired) electrons. The summed E-state index contributed by atoms with van der Waals surface area (Å²) in [6, 6.07) is 7.05. The van der Waals surface area contributed by atoms with Crippen LogP contribution in [0.4, 0.5) is 3.89 Å². The summed E-state index contributed by atoms with van der Waals surface area (Å²) in [4.78, 5) is 16.4. The number of H-pyrrole nitrogens is 1. The molecule has 2 atom stereocenters. The third-order valence-electron chi connectivity index (χ3n) is 4.30. The Morgan fingerprint density at radius 3 is 2.78 bits per heavy atom. The van der Waals surface area contributed by atoms with E-state index in [4.69, 9.17) is 0 Å². The normalized spacial score (nSPS) is 20.3. The second-order valence-corrected chi connectivity index (χ2v) is 7.37. The molecule has 1 aliphatic rings. The lowest BCUT2D eigenvalue weighted by Crippen LogP contribution is -2.41. The SMILES string of the molecule is O=C1CC(S(=O)(=O)F)CN1C(CO)Cc1c[nH]c2ccccc12. The minimum atomic E-state index is -4.76. The predicted octanol–water partition coefficient (Wildman–Crippen LogP) is 0.971. The van der Waals surface area contributed by atoms with Gasteiger partial charge in [-0.2, -0.15) is 8.42 Å². The van der Waals surface area contributed by atoms with E-state index >= 15 is 0 Å². The van der Waals surface area contributed by atoms with Crippen molar-refractivity contribution < 1.29 is 22.2 Å². The number of aromatic nitrogens is 1. The van der Waals surface area contributed by atoms with Crippen molar-refractivity contribution >= 4 is 27.0 Å². The zero-order valence-electron chi connectivity index (χ0n) is 12.3. The van der Waals surface area contributed by atoms with Crippen LogP contribution in [-0.4, -0.2) is 53.8 Å². The van der Waals surface area contributed by atoms with Crippen LogP contribution in [0.5, 0.6) is 0 Å². The zero-order chi connectivity index (χ0) is 16.6. The number of hydrogen-bond donors (Lipinski definition) is 2. The number of carbonyl (C=O) groups excluding carboxylic acids is 1. The Labute approximate surface area is 133 Å². The van der Waals surface area contributed by atoms with Gasteiger partial charge in [-0.1, -0.05) is 18.2 Å². The number of nitrogens with zero attached hydrogens (tertiary/aromatic N) is 1. The Morgan fingerprint density at radius 1 is 1.39 bits per heavy atom. The van der Waals surface area contributed by atoms with Crippen LogP contribution in [0.3, 0.4) is 0 Å². The van der Waals surface area contributed by atoms with Gasteiger partial charge in [0.2, 0.25) is 5.91 Å². The van der Waals surface area contributed by atoms with Crippen molar-refractivity contribution in [1.29, 1.82) is 0 Å². The van der Waals surface area contributed by atoms with Gasteiger partial charge in [0, 0.05) is 30.1 Å². The molecule has 2 aromatic rings.